The second kappa shape index (κ2) is 8.58. The van der Waals surface area contributed by atoms with Crippen LogP contribution in [0.15, 0.2) is 17.4 Å². The lowest BCUT2D eigenvalue weighted by Gasteiger charge is -1.99. The maximum absolute atomic E-state index is 10.5. The van der Waals surface area contributed by atoms with Crippen molar-refractivity contribution in [2.24, 2.45) is 5.11 Å². The van der Waals surface area contributed by atoms with Gasteiger partial charge >= 0.3 is 0 Å². The summed E-state index contributed by atoms with van der Waals surface area (Å²) in [7, 11) is 0. The average molecular weight is 210 g/mol. The molecule has 0 fully saturated rings. The zero-order chi connectivity index (χ0) is 11.5. The highest BCUT2D eigenvalue weighted by atomic mass is 16.1. The smallest absolute Gasteiger partial charge is 0.222 e. The van der Waals surface area contributed by atoms with E-state index in [0.29, 0.717) is 13.1 Å². The van der Waals surface area contributed by atoms with E-state index in [1.54, 1.807) is 6.20 Å². The molecule has 0 spiro atoms. The molecule has 0 bridgehead atoms. The molecule has 0 saturated carbocycles. The van der Waals surface area contributed by atoms with Crippen LogP contribution in [-0.2, 0) is 4.79 Å². The lowest BCUT2D eigenvalue weighted by Crippen LogP contribution is -2.25. The summed E-state index contributed by atoms with van der Waals surface area (Å²) in [6.07, 6.45) is 3.73. The topological polar surface area (TPSA) is 114 Å². The number of amides is 1. The van der Waals surface area contributed by atoms with Crippen molar-refractivity contribution in [2.75, 3.05) is 13.1 Å². The summed E-state index contributed by atoms with van der Waals surface area (Å²) < 4.78 is 0. The first-order valence-electron chi connectivity index (χ1n) is 4.43. The zero-order valence-electron chi connectivity index (χ0n) is 8.53. The Morgan fingerprint density at radius 1 is 1.67 bits per heavy atom. The van der Waals surface area contributed by atoms with Gasteiger partial charge in [-0.05, 0) is 18.0 Å². The van der Waals surface area contributed by atoms with Crippen LogP contribution in [0.3, 0.4) is 0 Å². The largest absolute Gasteiger partial charge is 0.391 e. The molecule has 0 saturated heterocycles. The molecular formula is C8H14N6O. The molecular weight excluding hydrogens is 196 g/mol. The fourth-order valence-electron chi connectivity index (χ4n) is 0.753. The minimum atomic E-state index is -0.270. The van der Waals surface area contributed by atoms with Crippen molar-refractivity contribution >= 4 is 11.7 Å². The van der Waals surface area contributed by atoms with E-state index in [0.717, 1.165) is 6.42 Å². The second-order valence-corrected chi connectivity index (χ2v) is 2.69. The molecule has 82 valence electrons. The van der Waals surface area contributed by atoms with Gasteiger partial charge in [-0.3, -0.25) is 10.2 Å². The van der Waals surface area contributed by atoms with Crippen LogP contribution in [0.5, 0.6) is 0 Å². The molecule has 0 atom stereocenters. The summed E-state index contributed by atoms with van der Waals surface area (Å²) in [5.41, 5.74) is 7.98. The molecule has 3 N–H and O–H groups in total. The van der Waals surface area contributed by atoms with Crippen molar-refractivity contribution in [3.8, 4) is 0 Å². The Balaban J connectivity index is 3.49. The molecule has 0 aliphatic rings. The summed E-state index contributed by atoms with van der Waals surface area (Å²) in [6.45, 7) is 2.44. The number of carbonyl (C=O) groups is 1. The monoisotopic (exact) mass is 210 g/mol. The fraction of sp³-hybridized carbons (Fsp3) is 0.500. The number of carbonyl (C=O) groups excluding carboxylic acids is 1. The Kier molecular flexibility index (Phi) is 7.43. The van der Waals surface area contributed by atoms with Gasteiger partial charge in [0.05, 0.1) is 0 Å². The maximum atomic E-state index is 10.5. The third-order valence-corrected chi connectivity index (χ3v) is 1.32. The molecule has 0 radical (unpaired) electrons. The molecule has 0 aliphatic heterocycles. The van der Waals surface area contributed by atoms with Crippen molar-refractivity contribution in [3.05, 3.63) is 22.7 Å². The van der Waals surface area contributed by atoms with E-state index in [4.69, 9.17) is 10.9 Å². The standard InChI is InChI=1S/C8H14N6O/c1-7(15)13-8(9)3-6-11-4-2-5-12-14-10/h3,6,11H,2,4-5H2,1H3,(H2,9,13,15)/b6-3-. The number of hydrogen-bond acceptors (Lipinski definition) is 4. The van der Waals surface area contributed by atoms with Crippen molar-refractivity contribution in [2.45, 2.75) is 13.3 Å². The van der Waals surface area contributed by atoms with Gasteiger partial charge in [-0.2, -0.15) is 0 Å². The highest BCUT2D eigenvalue weighted by Gasteiger charge is 1.91. The summed E-state index contributed by atoms with van der Waals surface area (Å²) in [4.78, 5) is 13.1. The normalized spacial score (nSPS) is 9.40. The number of amidine groups is 1. The van der Waals surface area contributed by atoms with Crippen molar-refractivity contribution < 1.29 is 4.79 Å². The van der Waals surface area contributed by atoms with Gasteiger partial charge in [-0.25, -0.2) is 0 Å². The quantitative estimate of drug-likeness (QED) is 0.151. The Morgan fingerprint density at radius 3 is 3.00 bits per heavy atom. The number of rotatable bonds is 6. The Hall–Kier alpha value is -2.01. The highest BCUT2D eigenvalue weighted by molar-refractivity contribution is 6.01. The van der Waals surface area contributed by atoms with Gasteiger partial charge in [-0.1, -0.05) is 5.11 Å². The maximum Gasteiger partial charge on any atom is 0.222 e. The molecule has 0 aliphatic carbocycles. The van der Waals surface area contributed by atoms with Gasteiger partial charge < -0.3 is 10.6 Å². The Morgan fingerprint density at radius 2 is 2.40 bits per heavy atom. The van der Waals surface area contributed by atoms with Crippen molar-refractivity contribution in [3.63, 3.8) is 0 Å². The molecule has 1 amide bonds. The van der Waals surface area contributed by atoms with Gasteiger partial charge in [0.2, 0.25) is 5.91 Å². The van der Waals surface area contributed by atoms with Crippen molar-refractivity contribution in [1.29, 1.82) is 5.41 Å². The van der Waals surface area contributed by atoms with Gasteiger partial charge in [0.15, 0.2) is 0 Å². The van der Waals surface area contributed by atoms with Crippen LogP contribution in [0.4, 0.5) is 0 Å². The van der Waals surface area contributed by atoms with Gasteiger partial charge in [-0.15, -0.1) is 0 Å². The van der Waals surface area contributed by atoms with E-state index in [2.05, 4.69) is 20.7 Å². The third-order valence-electron chi connectivity index (χ3n) is 1.32. The molecule has 7 nitrogen and oxygen atoms in total. The molecule has 7 heteroatoms. The van der Waals surface area contributed by atoms with Crippen LogP contribution < -0.4 is 10.6 Å². The van der Waals surface area contributed by atoms with Crippen LogP contribution in [0.1, 0.15) is 13.3 Å². The minimum Gasteiger partial charge on any atom is -0.391 e. The van der Waals surface area contributed by atoms with E-state index in [9.17, 15) is 4.79 Å². The van der Waals surface area contributed by atoms with Crippen LogP contribution in [-0.4, -0.2) is 24.8 Å². The minimum absolute atomic E-state index is 0.0324. The van der Waals surface area contributed by atoms with Crippen molar-refractivity contribution in [1.82, 2.24) is 10.6 Å². The molecule has 0 aromatic heterocycles. The van der Waals surface area contributed by atoms with E-state index < -0.39 is 0 Å². The van der Waals surface area contributed by atoms with Crippen LogP contribution in [0.2, 0.25) is 0 Å². The van der Waals surface area contributed by atoms with Gasteiger partial charge in [0.25, 0.3) is 0 Å². The van der Waals surface area contributed by atoms with Crippen LogP contribution in [0.25, 0.3) is 10.4 Å². The summed E-state index contributed by atoms with van der Waals surface area (Å²) in [5, 5.41) is 15.8. The number of nitrogens with zero attached hydrogens (tertiary/aromatic N) is 3. The van der Waals surface area contributed by atoms with Gasteiger partial charge in [0, 0.05) is 31.1 Å². The molecule has 0 aromatic carbocycles. The van der Waals surface area contributed by atoms with Crippen LogP contribution >= 0.6 is 0 Å². The summed E-state index contributed by atoms with van der Waals surface area (Å²) in [5.74, 6) is -0.238. The SMILES string of the molecule is CC(=O)NC(=N)/C=C\NCCCN=[N+]=[N-]. The first-order chi connectivity index (χ1) is 7.16. The van der Waals surface area contributed by atoms with E-state index in [1.165, 1.54) is 13.0 Å². The van der Waals surface area contributed by atoms with E-state index in [1.807, 2.05) is 0 Å². The average Bonchev–Trinajstić information content (AvgIpc) is 2.15. The molecule has 0 rings (SSSR count). The van der Waals surface area contributed by atoms with E-state index >= 15 is 0 Å². The lowest BCUT2D eigenvalue weighted by atomic mass is 10.4. The Bertz CT molecular complexity index is 292. The summed E-state index contributed by atoms with van der Waals surface area (Å²) in [6, 6.07) is 0. The zero-order valence-corrected chi connectivity index (χ0v) is 8.53. The van der Waals surface area contributed by atoms with Gasteiger partial charge in [0.1, 0.15) is 5.84 Å². The van der Waals surface area contributed by atoms with Crippen LogP contribution in [0, 0.1) is 5.41 Å². The first-order valence-corrected chi connectivity index (χ1v) is 4.43. The first kappa shape index (κ1) is 13.0. The van der Waals surface area contributed by atoms with E-state index in [-0.39, 0.29) is 11.7 Å². The lowest BCUT2D eigenvalue weighted by molar-refractivity contribution is -0.117. The summed E-state index contributed by atoms with van der Waals surface area (Å²) >= 11 is 0. The highest BCUT2D eigenvalue weighted by Crippen LogP contribution is 1.79. The predicted molar refractivity (Wildman–Crippen MR) is 57.3 cm³/mol. The number of hydrogen-bond donors (Lipinski definition) is 3. The molecule has 0 aromatic rings. The molecule has 15 heavy (non-hydrogen) atoms. The number of azide groups is 1. The number of nitrogens with one attached hydrogen (secondary N) is 3. The fourth-order valence-corrected chi connectivity index (χ4v) is 0.753. The third kappa shape index (κ3) is 9.91. The Labute approximate surface area is 87.7 Å². The predicted octanol–water partition coefficient (Wildman–Crippen LogP) is 0.903. The second-order valence-electron chi connectivity index (χ2n) is 2.69. The molecule has 0 heterocycles. The molecule has 0 unspecified atom stereocenters.